The zero-order valence-corrected chi connectivity index (χ0v) is 14.0. The number of nitrogens with two attached hydrogens (primary N) is 1. The van der Waals surface area contributed by atoms with E-state index in [0.29, 0.717) is 0 Å². The molecule has 1 aromatic heterocycles. The summed E-state index contributed by atoms with van der Waals surface area (Å²) < 4.78 is 80.0. The first-order valence-electron chi connectivity index (χ1n) is 6.97. The van der Waals surface area contributed by atoms with Gasteiger partial charge in [0.05, 0.1) is 6.21 Å². The summed E-state index contributed by atoms with van der Waals surface area (Å²) in [4.78, 5) is 3.55. The van der Waals surface area contributed by atoms with Crippen molar-refractivity contribution >= 4 is 22.1 Å². The number of nitrogens with zero attached hydrogens (tertiary/aromatic N) is 2. The summed E-state index contributed by atoms with van der Waals surface area (Å²) in [5, 5.41) is 8.66. The lowest BCUT2D eigenvalue weighted by Gasteiger charge is -2.10. The van der Waals surface area contributed by atoms with Crippen LogP contribution < -0.4 is 20.0 Å². The molecule has 0 atom stereocenters. The van der Waals surface area contributed by atoms with E-state index >= 15 is 0 Å². The highest BCUT2D eigenvalue weighted by atomic mass is 32.2. The smallest absolute Gasteiger partial charge is 0.387 e. The minimum Gasteiger partial charge on any atom is -0.435 e. The predicted octanol–water partition coefficient (Wildman–Crippen LogP) is 2.38. The number of ether oxygens (including phenoxy) is 2. The Morgan fingerprint density at radius 2 is 1.81 bits per heavy atom. The Morgan fingerprint density at radius 3 is 2.37 bits per heavy atom. The normalized spacial score (nSPS) is 12.0. The summed E-state index contributed by atoms with van der Waals surface area (Å²) in [5.41, 5.74) is 2.46. The van der Waals surface area contributed by atoms with Crippen LogP contribution >= 0.6 is 0 Å². The summed E-state index contributed by atoms with van der Waals surface area (Å²) >= 11 is 0. The highest BCUT2D eigenvalue weighted by molar-refractivity contribution is 7.89. The van der Waals surface area contributed by atoms with E-state index in [9.17, 15) is 26.0 Å². The number of hydrogen-bond donors (Lipinski definition) is 2. The van der Waals surface area contributed by atoms with Crippen molar-refractivity contribution in [2.45, 2.75) is 18.1 Å². The van der Waals surface area contributed by atoms with Crippen LogP contribution in [0, 0.1) is 0 Å². The third-order valence-corrected chi connectivity index (χ3v) is 3.77. The number of halogens is 4. The molecule has 0 fully saturated rings. The molecule has 0 amide bonds. The number of sulfonamides is 1. The van der Waals surface area contributed by atoms with E-state index in [2.05, 4.69) is 25.0 Å². The van der Waals surface area contributed by atoms with E-state index in [-0.39, 0.29) is 22.0 Å². The Hall–Kier alpha value is -2.93. The maximum absolute atomic E-state index is 12.5. The highest BCUT2D eigenvalue weighted by Gasteiger charge is 2.12. The lowest BCUT2D eigenvalue weighted by atomic mass is 10.2. The molecule has 13 heteroatoms. The van der Waals surface area contributed by atoms with E-state index in [1.165, 1.54) is 18.2 Å². The van der Waals surface area contributed by atoms with Crippen LogP contribution in [0.15, 0.2) is 46.5 Å². The van der Waals surface area contributed by atoms with E-state index in [1.54, 1.807) is 0 Å². The molecule has 0 unspecified atom stereocenters. The lowest BCUT2D eigenvalue weighted by molar-refractivity contribution is -0.0543. The molecule has 0 spiro atoms. The highest BCUT2D eigenvalue weighted by Crippen LogP contribution is 2.26. The Labute approximate surface area is 150 Å². The number of benzene rings is 1. The van der Waals surface area contributed by atoms with Crippen molar-refractivity contribution < 1.29 is 35.5 Å². The first kappa shape index (κ1) is 20.4. The number of hydrazone groups is 1. The van der Waals surface area contributed by atoms with Crippen molar-refractivity contribution in [3.63, 3.8) is 0 Å². The SMILES string of the molecule is NS(=O)(=O)c1ccc(N/N=C/c2ccc(OC(F)F)cc2OC(F)F)nc1. The van der Waals surface area contributed by atoms with Crippen LogP contribution in [0.3, 0.4) is 0 Å². The van der Waals surface area contributed by atoms with Gasteiger partial charge in [-0.3, -0.25) is 5.43 Å². The molecule has 0 saturated heterocycles. The first-order chi connectivity index (χ1) is 12.6. The minimum atomic E-state index is -3.89. The molecule has 0 aliphatic heterocycles. The summed E-state index contributed by atoms with van der Waals surface area (Å²) in [6, 6.07) is 5.61. The molecule has 1 heterocycles. The Balaban J connectivity index is 2.15. The van der Waals surface area contributed by atoms with E-state index in [4.69, 9.17) is 5.14 Å². The molecule has 0 radical (unpaired) electrons. The van der Waals surface area contributed by atoms with Crippen molar-refractivity contribution in [2.75, 3.05) is 5.43 Å². The lowest BCUT2D eigenvalue weighted by Crippen LogP contribution is -2.12. The van der Waals surface area contributed by atoms with Gasteiger partial charge in [-0.05, 0) is 24.3 Å². The van der Waals surface area contributed by atoms with Crippen molar-refractivity contribution in [1.29, 1.82) is 0 Å². The van der Waals surface area contributed by atoms with Gasteiger partial charge in [0, 0.05) is 17.8 Å². The third-order valence-electron chi connectivity index (χ3n) is 2.87. The van der Waals surface area contributed by atoms with Gasteiger partial charge in [-0.2, -0.15) is 22.7 Å². The van der Waals surface area contributed by atoms with Gasteiger partial charge in [0.15, 0.2) is 0 Å². The molecule has 0 aliphatic carbocycles. The molecule has 0 bridgehead atoms. The first-order valence-corrected chi connectivity index (χ1v) is 8.51. The zero-order chi connectivity index (χ0) is 20.0. The standard InChI is InChI=1S/C14H12F4N4O4S/c15-13(16)25-9-2-1-8(11(5-9)26-14(17)18)6-21-22-12-4-3-10(7-20-12)27(19,23)24/h1-7,13-14H,(H,20,22)(H2,19,23,24)/b21-6+. The van der Waals surface area contributed by atoms with Crippen molar-refractivity contribution in [3.05, 3.63) is 42.1 Å². The van der Waals surface area contributed by atoms with Gasteiger partial charge in [-0.25, -0.2) is 18.5 Å². The third kappa shape index (κ3) is 6.38. The van der Waals surface area contributed by atoms with Gasteiger partial charge in [0.25, 0.3) is 0 Å². The molecule has 27 heavy (non-hydrogen) atoms. The number of primary sulfonamides is 1. The van der Waals surface area contributed by atoms with Gasteiger partial charge in [-0.15, -0.1) is 0 Å². The summed E-state index contributed by atoms with van der Waals surface area (Å²) in [6.45, 7) is -6.32. The number of alkyl halides is 4. The molecule has 2 aromatic rings. The second-order valence-corrected chi connectivity index (χ2v) is 6.31. The van der Waals surface area contributed by atoms with Gasteiger partial charge in [0.1, 0.15) is 22.2 Å². The summed E-state index contributed by atoms with van der Waals surface area (Å²) in [7, 11) is -3.89. The van der Waals surface area contributed by atoms with Crippen molar-refractivity contribution in [1.82, 2.24) is 4.98 Å². The van der Waals surface area contributed by atoms with Gasteiger partial charge in [0.2, 0.25) is 10.0 Å². The fourth-order valence-corrected chi connectivity index (χ4v) is 2.24. The van der Waals surface area contributed by atoms with E-state index in [0.717, 1.165) is 24.5 Å². The van der Waals surface area contributed by atoms with Crippen LogP contribution in [-0.2, 0) is 10.0 Å². The second-order valence-electron chi connectivity index (χ2n) is 4.75. The summed E-state index contributed by atoms with van der Waals surface area (Å²) in [6.07, 6.45) is 2.06. The maximum Gasteiger partial charge on any atom is 0.387 e. The Bertz CT molecular complexity index is 908. The number of pyridine rings is 1. The molecular weight excluding hydrogens is 396 g/mol. The van der Waals surface area contributed by atoms with Gasteiger partial charge in [-0.1, -0.05) is 0 Å². The molecule has 1 aromatic carbocycles. The van der Waals surface area contributed by atoms with E-state index in [1.807, 2.05) is 0 Å². The second kappa shape index (κ2) is 8.64. The average Bonchev–Trinajstić information content (AvgIpc) is 2.55. The molecule has 2 rings (SSSR count). The predicted molar refractivity (Wildman–Crippen MR) is 86.5 cm³/mol. The van der Waals surface area contributed by atoms with Crippen LogP contribution in [0.4, 0.5) is 23.4 Å². The van der Waals surface area contributed by atoms with Crippen LogP contribution in [0.5, 0.6) is 11.5 Å². The van der Waals surface area contributed by atoms with Crippen LogP contribution in [-0.4, -0.2) is 32.8 Å². The fraction of sp³-hybridized carbons (Fsp3) is 0.143. The largest absolute Gasteiger partial charge is 0.435 e. The molecule has 3 N–H and O–H groups in total. The van der Waals surface area contributed by atoms with Crippen LogP contribution in [0.25, 0.3) is 0 Å². The van der Waals surface area contributed by atoms with E-state index < -0.39 is 29.0 Å². The summed E-state index contributed by atoms with van der Waals surface area (Å²) in [5.74, 6) is -0.676. The molecular formula is C14H12F4N4O4S. The van der Waals surface area contributed by atoms with Crippen LogP contribution in [0.2, 0.25) is 0 Å². The fourth-order valence-electron chi connectivity index (χ4n) is 1.78. The minimum absolute atomic E-state index is 0.0329. The molecule has 0 saturated carbocycles. The topological polar surface area (TPSA) is 116 Å². The zero-order valence-electron chi connectivity index (χ0n) is 13.2. The molecule has 0 aliphatic rings. The number of hydrogen-bond acceptors (Lipinski definition) is 7. The maximum atomic E-state index is 12.5. The number of nitrogens with one attached hydrogen (secondary N) is 1. The quantitative estimate of drug-likeness (QED) is 0.394. The van der Waals surface area contributed by atoms with Crippen molar-refractivity contribution in [2.24, 2.45) is 10.2 Å². The molecule has 146 valence electrons. The molecule has 8 nitrogen and oxygen atoms in total. The Kier molecular flexibility index (Phi) is 6.52. The Morgan fingerprint density at radius 1 is 1.11 bits per heavy atom. The van der Waals surface area contributed by atoms with Gasteiger partial charge >= 0.3 is 13.2 Å². The number of aromatic nitrogens is 1. The monoisotopic (exact) mass is 408 g/mol. The number of anilines is 1. The van der Waals surface area contributed by atoms with Gasteiger partial charge < -0.3 is 9.47 Å². The number of rotatable bonds is 8. The van der Waals surface area contributed by atoms with Crippen LogP contribution in [0.1, 0.15) is 5.56 Å². The average molecular weight is 408 g/mol. The van der Waals surface area contributed by atoms with Crippen molar-refractivity contribution in [3.8, 4) is 11.5 Å².